The molecule has 0 saturated carbocycles. The SMILES string of the molecule is O=C1C=NN=N1.c1cn[nH]c1. The molecule has 6 nitrogen and oxygen atoms in total. The first-order valence-corrected chi connectivity index (χ1v) is 2.81. The van der Waals surface area contributed by atoms with Crippen molar-refractivity contribution in [3.63, 3.8) is 0 Å². The molecule has 1 aromatic heterocycles. The van der Waals surface area contributed by atoms with Crippen LogP contribution in [0.15, 0.2) is 33.9 Å². The Kier molecular flexibility index (Phi) is 2.67. The molecule has 0 aromatic carbocycles. The molecule has 1 aromatic rings. The lowest BCUT2D eigenvalue weighted by molar-refractivity contribution is -0.111. The predicted octanol–water partition coefficient (Wildman–Crippen LogP) is 0.374. The summed E-state index contributed by atoms with van der Waals surface area (Å²) in [6.07, 6.45) is 4.51. The van der Waals surface area contributed by atoms with Gasteiger partial charge in [-0.15, -0.1) is 5.10 Å². The number of hydrogen-bond donors (Lipinski definition) is 1. The molecule has 11 heavy (non-hydrogen) atoms. The number of nitrogens with one attached hydrogen (secondary N) is 1. The lowest BCUT2D eigenvalue weighted by atomic mass is 10.7. The van der Waals surface area contributed by atoms with Crippen molar-refractivity contribution in [1.82, 2.24) is 10.2 Å². The summed E-state index contributed by atoms with van der Waals surface area (Å²) in [5.41, 5.74) is 0. The number of nitrogens with zero attached hydrogens (tertiary/aromatic N) is 4. The van der Waals surface area contributed by atoms with Gasteiger partial charge in [-0.25, -0.2) is 0 Å². The first kappa shape index (κ1) is 7.26. The molecule has 0 aliphatic carbocycles. The smallest absolute Gasteiger partial charge is 0.286 e. The summed E-state index contributed by atoms with van der Waals surface area (Å²) >= 11 is 0. The van der Waals surface area contributed by atoms with Gasteiger partial charge in [-0.05, 0) is 11.3 Å². The Bertz CT molecular complexity index is 231. The summed E-state index contributed by atoms with van der Waals surface area (Å²) in [6, 6.07) is 1.83. The predicted molar refractivity (Wildman–Crippen MR) is 36.9 cm³/mol. The summed E-state index contributed by atoms with van der Waals surface area (Å²) in [6.45, 7) is 0. The molecule has 0 bridgehead atoms. The van der Waals surface area contributed by atoms with Gasteiger partial charge in [0.2, 0.25) is 0 Å². The normalized spacial score (nSPS) is 12.9. The molecule has 2 rings (SSSR count). The van der Waals surface area contributed by atoms with Gasteiger partial charge >= 0.3 is 5.91 Å². The van der Waals surface area contributed by atoms with Gasteiger partial charge in [0.25, 0.3) is 0 Å². The number of carbonyl (C=O) groups excluding carboxylic acids is 1. The first-order chi connectivity index (χ1) is 5.39. The maximum atomic E-state index is 9.83. The van der Waals surface area contributed by atoms with Gasteiger partial charge in [-0.3, -0.25) is 9.89 Å². The second-order valence-corrected chi connectivity index (χ2v) is 1.54. The molecule has 56 valence electrons. The van der Waals surface area contributed by atoms with Crippen LogP contribution in [-0.4, -0.2) is 22.3 Å². The quantitative estimate of drug-likeness (QED) is 0.581. The van der Waals surface area contributed by atoms with E-state index in [-0.39, 0.29) is 5.91 Å². The third kappa shape index (κ3) is 2.99. The third-order valence-electron chi connectivity index (χ3n) is 0.769. The largest absolute Gasteiger partial charge is 0.310 e. The minimum atomic E-state index is -0.380. The van der Waals surface area contributed by atoms with Gasteiger partial charge in [-0.1, -0.05) is 5.11 Å². The van der Waals surface area contributed by atoms with E-state index in [1.165, 1.54) is 0 Å². The van der Waals surface area contributed by atoms with E-state index in [2.05, 4.69) is 25.6 Å². The average Bonchev–Trinajstić information content (AvgIpc) is 2.57. The molecule has 1 amide bonds. The third-order valence-corrected chi connectivity index (χ3v) is 0.769. The maximum Gasteiger partial charge on any atom is 0.310 e. The molecular formula is C5H5N5O. The molecule has 0 saturated heterocycles. The summed E-state index contributed by atoms with van der Waals surface area (Å²) < 4.78 is 0. The highest BCUT2D eigenvalue weighted by Gasteiger charge is 1.94. The Morgan fingerprint density at radius 1 is 1.45 bits per heavy atom. The molecule has 2 heterocycles. The van der Waals surface area contributed by atoms with Crippen molar-refractivity contribution in [2.24, 2.45) is 15.4 Å². The Balaban J connectivity index is 0.000000112. The van der Waals surface area contributed by atoms with E-state index < -0.39 is 0 Å². The summed E-state index contributed by atoms with van der Waals surface area (Å²) in [7, 11) is 0. The Hall–Kier alpha value is -1.85. The Labute approximate surface area is 62.0 Å². The van der Waals surface area contributed by atoms with Gasteiger partial charge < -0.3 is 0 Å². The van der Waals surface area contributed by atoms with Gasteiger partial charge in [0, 0.05) is 12.4 Å². The van der Waals surface area contributed by atoms with Crippen LogP contribution in [-0.2, 0) is 4.79 Å². The maximum absolute atomic E-state index is 9.83. The van der Waals surface area contributed by atoms with Crippen LogP contribution in [0.3, 0.4) is 0 Å². The van der Waals surface area contributed by atoms with Crippen LogP contribution < -0.4 is 0 Å². The number of H-pyrrole nitrogens is 1. The highest BCUT2D eigenvalue weighted by atomic mass is 16.2. The Morgan fingerprint density at radius 2 is 2.36 bits per heavy atom. The number of aromatic nitrogens is 2. The van der Waals surface area contributed by atoms with Crippen molar-refractivity contribution >= 4 is 12.1 Å². The van der Waals surface area contributed by atoms with E-state index in [4.69, 9.17) is 0 Å². The van der Waals surface area contributed by atoms with Crippen molar-refractivity contribution < 1.29 is 4.79 Å². The molecule has 6 heteroatoms. The highest BCUT2D eigenvalue weighted by Crippen LogP contribution is 1.83. The summed E-state index contributed by atoms with van der Waals surface area (Å²) in [4.78, 5) is 9.83. The zero-order valence-electron chi connectivity index (χ0n) is 5.51. The van der Waals surface area contributed by atoms with Gasteiger partial charge in [0.15, 0.2) is 0 Å². The number of aromatic amines is 1. The van der Waals surface area contributed by atoms with E-state index in [0.717, 1.165) is 6.21 Å². The van der Waals surface area contributed by atoms with Crippen molar-refractivity contribution in [3.05, 3.63) is 18.5 Å². The van der Waals surface area contributed by atoms with Crippen LogP contribution in [0.1, 0.15) is 0 Å². The number of carbonyl (C=O) groups is 1. The lowest BCUT2D eigenvalue weighted by Crippen LogP contribution is -1.84. The number of amides is 1. The van der Waals surface area contributed by atoms with Crippen LogP contribution in [0.5, 0.6) is 0 Å². The molecule has 0 spiro atoms. The fourth-order valence-electron chi connectivity index (χ4n) is 0.386. The fraction of sp³-hybridized carbons (Fsp3) is 0. The summed E-state index contributed by atoms with van der Waals surface area (Å²) in [5, 5.41) is 15.4. The topological polar surface area (TPSA) is 82.8 Å². The fourth-order valence-corrected chi connectivity index (χ4v) is 0.386. The molecule has 0 unspecified atom stereocenters. The molecule has 1 aliphatic heterocycles. The van der Waals surface area contributed by atoms with Crippen molar-refractivity contribution in [1.29, 1.82) is 0 Å². The molecule has 0 atom stereocenters. The Morgan fingerprint density at radius 3 is 2.55 bits per heavy atom. The minimum Gasteiger partial charge on any atom is -0.286 e. The molecule has 1 N–H and O–H groups in total. The second kappa shape index (κ2) is 4.04. The van der Waals surface area contributed by atoms with Crippen LogP contribution in [0.25, 0.3) is 0 Å². The standard InChI is InChI=1S/C3H4N2.C2HN3O/c1-2-4-5-3-1;6-2-1-3-5-4-2/h1-3H,(H,4,5);1H. The number of rotatable bonds is 0. The minimum absolute atomic E-state index is 0.380. The van der Waals surface area contributed by atoms with Gasteiger partial charge in [0.1, 0.15) is 6.21 Å². The van der Waals surface area contributed by atoms with Crippen molar-refractivity contribution in [2.45, 2.75) is 0 Å². The highest BCUT2D eigenvalue weighted by molar-refractivity contribution is 6.27. The second-order valence-electron chi connectivity index (χ2n) is 1.54. The van der Waals surface area contributed by atoms with Gasteiger partial charge in [0.05, 0.1) is 0 Å². The van der Waals surface area contributed by atoms with Crippen LogP contribution in [0.2, 0.25) is 0 Å². The molecule has 0 fully saturated rings. The van der Waals surface area contributed by atoms with E-state index in [1.54, 1.807) is 12.4 Å². The van der Waals surface area contributed by atoms with Gasteiger partial charge in [-0.2, -0.15) is 5.10 Å². The lowest BCUT2D eigenvalue weighted by Gasteiger charge is -1.55. The van der Waals surface area contributed by atoms with Crippen molar-refractivity contribution in [2.75, 3.05) is 0 Å². The van der Waals surface area contributed by atoms with Crippen LogP contribution >= 0.6 is 0 Å². The van der Waals surface area contributed by atoms with E-state index >= 15 is 0 Å². The molecule has 0 radical (unpaired) electrons. The van der Waals surface area contributed by atoms with E-state index in [1.807, 2.05) is 6.07 Å². The zero-order valence-corrected chi connectivity index (χ0v) is 5.51. The van der Waals surface area contributed by atoms with Crippen LogP contribution in [0.4, 0.5) is 0 Å². The van der Waals surface area contributed by atoms with E-state index in [0.29, 0.717) is 0 Å². The van der Waals surface area contributed by atoms with E-state index in [9.17, 15) is 4.79 Å². The summed E-state index contributed by atoms with van der Waals surface area (Å²) in [5.74, 6) is -0.380. The monoisotopic (exact) mass is 151 g/mol. The number of hydrogen-bond acceptors (Lipinski definition) is 4. The molecular weight excluding hydrogens is 146 g/mol. The average molecular weight is 151 g/mol. The van der Waals surface area contributed by atoms with Crippen molar-refractivity contribution in [3.8, 4) is 0 Å². The molecule has 1 aliphatic rings. The zero-order chi connectivity index (χ0) is 7.94. The first-order valence-electron chi connectivity index (χ1n) is 2.81. The van der Waals surface area contributed by atoms with Crippen LogP contribution in [0, 0.1) is 0 Å².